The number of fused-ring (bicyclic) bond motifs is 3. The Labute approximate surface area is 202 Å². The van der Waals surface area contributed by atoms with E-state index in [0.29, 0.717) is 31.7 Å². The van der Waals surface area contributed by atoms with Gasteiger partial charge in [0.1, 0.15) is 6.04 Å². The molecule has 3 atom stereocenters. The van der Waals surface area contributed by atoms with Crippen LogP contribution in [0.4, 0.5) is 5.69 Å². The van der Waals surface area contributed by atoms with Crippen LogP contribution in [0.2, 0.25) is 0 Å². The Morgan fingerprint density at radius 3 is 2.50 bits per heavy atom. The van der Waals surface area contributed by atoms with Crippen LogP contribution in [0.25, 0.3) is 11.1 Å². The topological polar surface area (TPSA) is 89.9 Å². The average molecular weight is 465 g/mol. The Balaban J connectivity index is 1.68. The zero-order chi connectivity index (χ0) is 24.1. The van der Waals surface area contributed by atoms with Gasteiger partial charge in [-0.1, -0.05) is 75.1 Å². The molecule has 0 unspecified atom stereocenters. The van der Waals surface area contributed by atoms with Gasteiger partial charge in [0, 0.05) is 18.7 Å². The molecule has 182 valence electrons. The SMILES string of the molecule is CCCC[C@H](O)[C@@H](CC1CC1)C(=O)N[C@@H]1C(=O)N(CCCO)c2ccccc2-c2ccccc21. The fourth-order valence-electron chi connectivity index (χ4n) is 4.95. The van der Waals surface area contributed by atoms with E-state index in [1.165, 1.54) is 0 Å². The van der Waals surface area contributed by atoms with Gasteiger partial charge in [0.15, 0.2) is 0 Å². The number of rotatable bonds is 11. The number of hydrogen-bond acceptors (Lipinski definition) is 4. The number of carbonyl (C=O) groups excluding carboxylic acids is 2. The largest absolute Gasteiger partial charge is 0.396 e. The summed E-state index contributed by atoms with van der Waals surface area (Å²) in [7, 11) is 0. The minimum atomic E-state index is -0.852. The maximum Gasteiger partial charge on any atom is 0.254 e. The summed E-state index contributed by atoms with van der Waals surface area (Å²) in [5, 5.41) is 23.3. The molecule has 0 bridgehead atoms. The first-order valence-electron chi connectivity index (χ1n) is 12.6. The fraction of sp³-hybridized carbons (Fsp3) is 0.500. The summed E-state index contributed by atoms with van der Waals surface area (Å²) < 4.78 is 0. The van der Waals surface area contributed by atoms with Crippen LogP contribution in [0.3, 0.4) is 0 Å². The van der Waals surface area contributed by atoms with Crippen LogP contribution in [0.5, 0.6) is 0 Å². The second-order valence-electron chi connectivity index (χ2n) is 9.61. The van der Waals surface area contributed by atoms with Gasteiger partial charge >= 0.3 is 0 Å². The molecule has 34 heavy (non-hydrogen) atoms. The standard InChI is InChI=1S/C28H36N2O4/c1-2-3-13-25(32)23(18-19-14-15-19)27(33)29-26-22-11-5-4-9-20(22)21-10-6-7-12-24(21)30(28(26)34)16-8-17-31/h4-7,9-12,19,23,25-26,31-32H,2-3,8,13-18H2,1H3,(H,29,33)/t23-,25+,26+/m1/s1. The van der Waals surface area contributed by atoms with Gasteiger partial charge in [-0.15, -0.1) is 0 Å². The van der Waals surface area contributed by atoms with Crippen molar-refractivity contribution in [3.8, 4) is 11.1 Å². The number of unbranched alkanes of at least 4 members (excludes halogenated alkanes) is 1. The Morgan fingerprint density at radius 2 is 1.79 bits per heavy atom. The highest BCUT2D eigenvalue weighted by Gasteiger charge is 2.38. The molecule has 3 N–H and O–H groups in total. The molecule has 1 aliphatic heterocycles. The van der Waals surface area contributed by atoms with E-state index in [9.17, 15) is 19.8 Å². The van der Waals surface area contributed by atoms with Crippen molar-refractivity contribution in [2.75, 3.05) is 18.1 Å². The second-order valence-corrected chi connectivity index (χ2v) is 9.61. The molecule has 0 radical (unpaired) electrons. The monoisotopic (exact) mass is 464 g/mol. The number of anilines is 1. The molecule has 0 aromatic heterocycles. The normalized spacial score (nSPS) is 19.1. The summed E-state index contributed by atoms with van der Waals surface area (Å²) in [6.07, 6.45) is 5.00. The number of nitrogens with zero attached hydrogens (tertiary/aromatic N) is 1. The highest BCUT2D eigenvalue weighted by Crippen LogP contribution is 2.41. The van der Waals surface area contributed by atoms with E-state index in [0.717, 1.165) is 48.1 Å². The smallest absolute Gasteiger partial charge is 0.254 e. The van der Waals surface area contributed by atoms with Gasteiger partial charge in [0.05, 0.1) is 17.7 Å². The number of nitrogens with one attached hydrogen (secondary N) is 1. The van der Waals surface area contributed by atoms with Gasteiger partial charge in [0.2, 0.25) is 5.91 Å². The number of amides is 2. The molecule has 4 rings (SSSR count). The van der Waals surface area contributed by atoms with Crippen molar-refractivity contribution in [1.29, 1.82) is 0 Å². The summed E-state index contributed by atoms with van der Waals surface area (Å²) in [4.78, 5) is 29.1. The maximum absolute atomic E-state index is 13.9. The molecule has 0 spiro atoms. The molecule has 1 aliphatic carbocycles. The number of hydrogen-bond donors (Lipinski definition) is 3. The van der Waals surface area contributed by atoms with Crippen LogP contribution in [0, 0.1) is 11.8 Å². The van der Waals surface area contributed by atoms with Gasteiger partial charge < -0.3 is 20.4 Å². The van der Waals surface area contributed by atoms with Crippen LogP contribution >= 0.6 is 0 Å². The molecule has 2 aromatic carbocycles. The van der Waals surface area contributed by atoms with Crippen molar-refractivity contribution < 1.29 is 19.8 Å². The number of para-hydroxylation sites is 1. The van der Waals surface area contributed by atoms with E-state index < -0.39 is 18.1 Å². The predicted molar refractivity (Wildman–Crippen MR) is 133 cm³/mol. The summed E-state index contributed by atoms with van der Waals surface area (Å²) >= 11 is 0. The van der Waals surface area contributed by atoms with E-state index in [2.05, 4.69) is 12.2 Å². The van der Waals surface area contributed by atoms with Crippen LogP contribution in [-0.2, 0) is 9.59 Å². The van der Waals surface area contributed by atoms with E-state index in [-0.39, 0.29) is 18.4 Å². The lowest BCUT2D eigenvalue weighted by Crippen LogP contribution is -2.46. The molecule has 1 heterocycles. The highest BCUT2D eigenvalue weighted by molar-refractivity contribution is 6.06. The third-order valence-corrected chi connectivity index (χ3v) is 7.04. The molecule has 6 nitrogen and oxygen atoms in total. The summed E-state index contributed by atoms with van der Waals surface area (Å²) in [6.45, 7) is 2.41. The zero-order valence-electron chi connectivity index (χ0n) is 20.0. The quantitative estimate of drug-likeness (QED) is 0.465. The second kappa shape index (κ2) is 11.2. The minimum absolute atomic E-state index is 0.0248. The Kier molecular flexibility index (Phi) is 8.01. The van der Waals surface area contributed by atoms with Crippen LogP contribution in [-0.4, -0.2) is 41.3 Å². The lowest BCUT2D eigenvalue weighted by molar-refractivity contribution is -0.133. The van der Waals surface area contributed by atoms with E-state index >= 15 is 0 Å². The average Bonchev–Trinajstić information content (AvgIpc) is 3.69. The maximum atomic E-state index is 13.9. The lowest BCUT2D eigenvalue weighted by Gasteiger charge is -2.29. The predicted octanol–water partition coefficient (Wildman–Crippen LogP) is 4.21. The van der Waals surface area contributed by atoms with Crippen molar-refractivity contribution in [2.24, 2.45) is 11.8 Å². The molecule has 1 saturated carbocycles. The van der Waals surface area contributed by atoms with Crippen LogP contribution in [0.15, 0.2) is 48.5 Å². The fourth-order valence-corrected chi connectivity index (χ4v) is 4.95. The first-order valence-corrected chi connectivity index (χ1v) is 12.6. The van der Waals surface area contributed by atoms with Crippen molar-refractivity contribution in [2.45, 2.75) is 64.0 Å². The van der Waals surface area contributed by atoms with Crippen molar-refractivity contribution in [1.82, 2.24) is 5.32 Å². The molecule has 2 amide bonds. The Hall–Kier alpha value is -2.70. The van der Waals surface area contributed by atoms with Crippen molar-refractivity contribution in [3.63, 3.8) is 0 Å². The summed E-state index contributed by atoms with van der Waals surface area (Å²) in [5.74, 6) is -0.505. The molecule has 2 aromatic rings. The third-order valence-electron chi connectivity index (χ3n) is 7.04. The zero-order valence-corrected chi connectivity index (χ0v) is 20.0. The van der Waals surface area contributed by atoms with E-state index in [4.69, 9.17) is 0 Å². The number of carbonyl (C=O) groups is 2. The van der Waals surface area contributed by atoms with Crippen molar-refractivity contribution >= 4 is 17.5 Å². The molecule has 2 aliphatic rings. The Morgan fingerprint density at radius 1 is 1.09 bits per heavy atom. The number of aliphatic hydroxyl groups excluding tert-OH is 2. The minimum Gasteiger partial charge on any atom is -0.396 e. The van der Waals surface area contributed by atoms with Crippen LogP contribution < -0.4 is 10.2 Å². The van der Waals surface area contributed by atoms with Gasteiger partial charge in [-0.05, 0) is 42.4 Å². The van der Waals surface area contributed by atoms with Crippen LogP contribution in [0.1, 0.15) is 63.5 Å². The molecule has 6 heteroatoms. The lowest BCUT2D eigenvalue weighted by atomic mass is 9.90. The molecular weight excluding hydrogens is 428 g/mol. The highest BCUT2D eigenvalue weighted by atomic mass is 16.3. The molecule has 1 fully saturated rings. The van der Waals surface area contributed by atoms with E-state index in [1.807, 2.05) is 48.5 Å². The first-order chi connectivity index (χ1) is 16.5. The van der Waals surface area contributed by atoms with Crippen molar-refractivity contribution in [3.05, 3.63) is 54.1 Å². The van der Waals surface area contributed by atoms with E-state index in [1.54, 1.807) is 4.90 Å². The van der Waals surface area contributed by atoms with Gasteiger partial charge in [-0.25, -0.2) is 0 Å². The van der Waals surface area contributed by atoms with Gasteiger partial charge in [0.25, 0.3) is 5.91 Å². The Bertz CT molecular complexity index is 1000. The first kappa shape index (κ1) is 24.4. The van der Waals surface area contributed by atoms with Gasteiger partial charge in [-0.3, -0.25) is 9.59 Å². The number of benzene rings is 2. The third kappa shape index (κ3) is 5.34. The molecular formula is C28H36N2O4. The summed E-state index contributed by atoms with van der Waals surface area (Å²) in [5.41, 5.74) is 3.38. The number of aliphatic hydroxyl groups is 2. The summed E-state index contributed by atoms with van der Waals surface area (Å²) in [6, 6.07) is 14.6. The molecule has 0 saturated heterocycles. The van der Waals surface area contributed by atoms with Gasteiger partial charge in [-0.2, -0.15) is 0 Å².